The van der Waals surface area contributed by atoms with Crippen LogP contribution in [0.5, 0.6) is 0 Å². The Labute approximate surface area is 155 Å². The summed E-state index contributed by atoms with van der Waals surface area (Å²) in [5.74, 6) is 7.35. The maximum atomic E-state index is 5.96. The molecule has 0 spiro atoms. The molecule has 0 saturated carbocycles. The van der Waals surface area contributed by atoms with Crippen molar-refractivity contribution in [3.05, 3.63) is 78.2 Å². The minimum absolute atomic E-state index is 0.689. The molecule has 0 radical (unpaired) electrons. The van der Waals surface area contributed by atoms with Crippen molar-refractivity contribution in [1.82, 2.24) is 24.7 Å². The van der Waals surface area contributed by atoms with E-state index in [9.17, 15) is 0 Å². The zero-order valence-electron chi connectivity index (χ0n) is 14.3. The van der Waals surface area contributed by atoms with Gasteiger partial charge < -0.3 is 5.84 Å². The van der Waals surface area contributed by atoms with Crippen LogP contribution < -0.4 is 5.84 Å². The largest absolute Gasteiger partial charge is 0.336 e. The standard InChI is InChI=1S/C19H18N6S/c1-14-21-22-19(25(14)20)26-13-16-12-24(17-10-6-3-7-11-17)23-18(16)15-8-4-2-5-9-15/h2-12H,13,20H2,1H3. The molecule has 2 aromatic heterocycles. The molecule has 7 heteroatoms. The molecule has 0 aliphatic heterocycles. The lowest BCUT2D eigenvalue weighted by atomic mass is 10.1. The Kier molecular flexibility index (Phi) is 4.45. The molecule has 6 nitrogen and oxygen atoms in total. The van der Waals surface area contributed by atoms with E-state index >= 15 is 0 Å². The highest BCUT2D eigenvalue weighted by Gasteiger charge is 2.14. The predicted molar refractivity (Wildman–Crippen MR) is 103 cm³/mol. The summed E-state index contributed by atoms with van der Waals surface area (Å²) in [6, 6.07) is 20.3. The van der Waals surface area contributed by atoms with Gasteiger partial charge in [0, 0.05) is 23.1 Å². The average molecular weight is 362 g/mol. The van der Waals surface area contributed by atoms with E-state index in [1.54, 1.807) is 11.8 Å². The summed E-state index contributed by atoms with van der Waals surface area (Å²) >= 11 is 1.55. The summed E-state index contributed by atoms with van der Waals surface area (Å²) in [5.41, 5.74) is 4.19. The fourth-order valence-corrected chi connectivity index (χ4v) is 3.52. The third-order valence-corrected chi connectivity index (χ3v) is 5.04. The van der Waals surface area contributed by atoms with Gasteiger partial charge in [0.05, 0.1) is 11.4 Å². The molecule has 0 amide bonds. The number of para-hydroxylation sites is 1. The van der Waals surface area contributed by atoms with E-state index in [1.807, 2.05) is 60.1 Å². The van der Waals surface area contributed by atoms with Crippen LogP contribution in [0.25, 0.3) is 16.9 Å². The highest BCUT2D eigenvalue weighted by atomic mass is 32.2. The van der Waals surface area contributed by atoms with Crippen molar-refractivity contribution in [3.8, 4) is 16.9 Å². The van der Waals surface area contributed by atoms with Gasteiger partial charge in [0.15, 0.2) is 0 Å². The van der Waals surface area contributed by atoms with Gasteiger partial charge in [-0.2, -0.15) is 5.10 Å². The lowest BCUT2D eigenvalue weighted by Crippen LogP contribution is -2.11. The Morgan fingerprint density at radius 1 is 0.962 bits per heavy atom. The van der Waals surface area contributed by atoms with Gasteiger partial charge in [0.1, 0.15) is 5.82 Å². The lowest BCUT2D eigenvalue weighted by Gasteiger charge is -2.02. The molecule has 130 valence electrons. The van der Waals surface area contributed by atoms with Crippen molar-refractivity contribution in [3.63, 3.8) is 0 Å². The second kappa shape index (κ2) is 7.05. The average Bonchev–Trinajstić information content (AvgIpc) is 3.26. The normalized spacial score (nSPS) is 11.0. The van der Waals surface area contributed by atoms with Crippen LogP contribution in [0.3, 0.4) is 0 Å². The number of benzene rings is 2. The van der Waals surface area contributed by atoms with Crippen molar-refractivity contribution in [1.29, 1.82) is 0 Å². The Morgan fingerprint density at radius 3 is 2.31 bits per heavy atom. The van der Waals surface area contributed by atoms with E-state index in [0.717, 1.165) is 22.5 Å². The first-order valence-electron chi connectivity index (χ1n) is 8.21. The highest BCUT2D eigenvalue weighted by molar-refractivity contribution is 7.98. The van der Waals surface area contributed by atoms with Gasteiger partial charge >= 0.3 is 0 Å². The monoisotopic (exact) mass is 362 g/mol. The Balaban J connectivity index is 1.70. The van der Waals surface area contributed by atoms with Crippen LogP contribution in [-0.2, 0) is 5.75 Å². The number of aromatic nitrogens is 5. The number of rotatable bonds is 5. The van der Waals surface area contributed by atoms with E-state index in [2.05, 4.69) is 28.5 Å². The molecule has 0 aliphatic carbocycles. The van der Waals surface area contributed by atoms with Crippen LogP contribution >= 0.6 is 11.8 Å². The molecule has 0 bridgehead atoms. The molecule has 0 fully saturated rings. The van der Waals surface area contributed by atoms with Crippen LogP contribution in [0.15, 0.2) is 72.0 Å². The van der Waals surface area contributed by atoms with Crippen molar-refractivity contribution in [2.75, 3.05) is 5.84 Å². The molecule has 2 heterocycles. The van der Waals surface area contributed by atoms with Gasteiger partial charge in [-0.15, -0.1) is 10.2 Å². The van der Waals surface area contributed by atoms with Crippen molar-refractivity contribution < 1.29 is 0 Å². The number of nitrogens with zero attached hydrogens (tertiary/aromatic N) is 5. The summed E-state index contributed by atoms with van der Waals surface area (Å²) < 4.78 is 3.42. The fraction of sp³-hybridized carbons (Fsp3) is 0.105. The van der Waals surface area contributed by atoms with Gasteiger partial charge in [-0.25, -0.2) is 9.36 Å². The van der Waals surface area contributed by atoms with Crippen molar-refractivity contribution in [2.24, 2.45) is 0 Å². The SMILES string of the molecule is Cc1nnc(SCc2cn(-c3ccccc3)nc2-c2ccccc2)n1N. The molecule has 26 heavy (non-hydrogen) atoms. The van der Waals surface area contributed by atoms with Crippen molar-refractivity contribution in [2.45, 2.75) is 17.8 Å². The van der Waals surface area contributed by atoms with Crippen LogP contribution in [0.4, 0.5) is 0 Å². The first-order valence-corrected chi connectivity index (χ1v) is 9.20. The molecule has 0 atom stereocenters. The topological polar surface area (TPSA) is 74.5 Å². The van der Waals surface area contributed by atoms with Gasteiger partial charge in [-0.3, -0.25) is 0 Å². The van der Waals surface area contributed by atoms with Crippen LogP contribution in [0.1, 0.15) is 11.4 Å². The Morgan fingerprint density at radius 2 is 1.65 bits per heavy atom. The number of hydrogen-bond acceptors (Lipinski definition) is 5. The zero-order valence-corrected chi connectivity index (χ0v) is 15.1. The van der Waals surface area contributed by atoms with E-state index in [1.165, 1.54) is 4.68 Å². The second-order valence-electron chi connectivity index (χ2n) is 5.84. The minimum Gasteiger partial charge on any atom is -0.336 e. The molecular formula is C19H18N6S. The quantitative estimate of drug-likeness (QED) is 0.435. The summed E-state index contributed by atoms with van der Waals surface area (Å²) in [5, 5.41) is 13.6. The van der Waals surface area contributed by atoms with Gasteiger partial charge in [-0.05, 0) is 19.1 Å². The second-order valence-corrected chi connectivity index (χ2v) is 6.78. The minimum atomic E-state index is 0.689. The smallest absolute Gasteiger partial charge is 0.210 e. The van der Waals surface area contributed by atoms with E-state index in [4.69, 9.17) is 10.9 Å². The lowest BCUT2D eigenvalue weighted by molar-refractivity contribution is 0.825. The Bertz CT molecular complexity index is 1010. The van der Waals surface area contributed by atoms with Crippen molar-refractivity contribution >= 4 is 11.8 Å². The van der Waals surface area contributed by atoms with Crippen LogP contribution in [-0.4, -0.2) is 24.7 Å². The molecule has 0 aliphatic rings. The fourth-order valence-electron chi connectivity index (χ4n) is 2.66. The molecule has 4 aromatic rings. The molecule has 2 N–H and O–H groups in total. The first-order chi connectivity index (χ1) is 12.7. The van der Waals surface area contributed by atoms with Crippen LogP contribution in [0, 0.1) is 6.92 Å². The van der Waals surface area contributed by atoms with Gasteiger partial charge in [0.25, 0.3) is 0 Å². The summed E-state index contributed by atoms with van der Waals surface area (Å²) in [7, 11) is 0. The van der Waals surface area contributed by atoms with Gasteiger partial charge in [0.2, 0.25) is 5.16 Å². The summed E-state index contributed by atoms with van der Waals surface area (Å²) in [6.07, 6.45) is 2.06. The number of thioether (sulfide) groups is 1. The van der Waals surface area contributed by atoms with E-state index in [0.29, 0.717) is 16.7 Å². The molecular weight excluding hydrogens is 344 g/mol. The Hall–Kier alpha value is -3.06. The predicted octanol–water partition coefficient (Wildman–Crippen LogP) is 3.45. The highest BCUT2D eigenvalue weighted by Crippen LogP contribution is 2.29. The maximum absolute atomic E-state index is 5.96. The summed E-state index contributed by atoms with van der Waals surface area (Å²) in [6.45, 7) is 1.83. The number of nitrogen functional groups attached to an aromatic ring is 1. The molecule has 0 saturated heterocycles. The van der Waals surface area contributed by atoms with Crippen LogP contribution in [0.2, 0.25) is 0 Å². The third kappa shape index (κ3) is 3.21. The first kappa shape index (κ1) is 16.4. The zero-order chi connectivity index (χ0) is 17.9. The molecule has 2 aromatic carbocycles. The number of nitrogens with two attached hydrogens (primary N) is 1. The maximum Gasteiger partial charge on any atom is 0.210 e. The number of hydrogen-bond donors (Lipinski definition) is 1. The van der Waals surface area contributed by atoms with E-state index in [-0.39, 0.29) is 0 Å². The third-order valence-electron chi connectivity index (χ3n) is 4.05. The van der Waals surface area contributed by atoms with Gasteiger partial charge in [-0.1, -0.05) is 60.3 Å². The van der Waals surface area contributed by atoms with E-state index < -0.39 is 0 Å². The number of aryl methyl sites for hydroxylation is 1. The molecule has 4 rings (SSSR count). The summed E-state index contributed by atoms with van der Waals surface area (Å²) in [4.78, 5) is 0. The molecule has 0 unspecified atom stereocenters.